The van der Waals surface area contributed by atoms with Crippen LogP contribution in [0.5, 0.6) is 0 Å². The molecule has 1 aromatic rings. The number of carbonyl (C=O) groups excluding carboxylic acids is 2. The standard InChI is InChI=1S/C18H27N3O.C4H4O4/c1-13-9-14(2)18(15(3)10-13)19-17(22)12-20-7-8-21-6-4-5-16(21)11-20;5-3(6)1-2-4(7)8/h9-10,16H,4-8,11-12H2,1-3H3,(H,19,22);1-2H,(H,5,6)(H,7,8)/b;2-1+. The SMILES string of the molecule is Cc1cc(C)c(NC(=O)CN2CC[NH+]3CCCC3C2)c(C)c1.O=C([O-])/C=C/C(=O)O. The van der Waals surface area contributed by atoms with E-state index in [9.17, 15) is 19.5 Å². The third-order valence-corrected chi connectivity index (χ3v) is 5.53. The van der Waals surface area contributed by atoms with Crippen molar-refractivity contribution in [2.24, 2.45) is 0 Å². The smallest absolute Gasteiger partial charge is 0.328 e. The molecule has 2 saturated heterocycles. The number of anilines is 1. The summed E-state index contributed by atoms with van der Waals surface area (Å²) in [5.41, 5.74) is 4.53. The number of fused-ring (bicyclic) bond motifs is 1. The Hall–Kier alpha value is -2.71. The van der Waals surface area contributed by atoms with Gasteiger partial charge < -0.3 is 25.2 Å². The Morgan fingerprint density at radius 2 is 1.87 bits per heavy atom. The Morgan fingerprint density at radius 3 is 2.43 bits per heavy atom. The van der Waals surface area contributed by atoms with E-state index in [0.29, 0.717) is 18.7 Å². The molecular weight excluding hydrogens is 386 g/mol. The molecule has 3 N–H and O–H groups in total. The number of aryl methyl sites for hydroxylation is 3. The number of nitrogens with one attached hydrogen (secondary N) is 2. The Labute approximate surface area is 177 Å². The fraction of sp³-hybridized carbons (Fsp3) is 0.500. The maximum atomic E-state index is 12.4. The van der Waals surface area contributed by atoms with Gasteiger partial charge in [-0.15, -0.1) is 0 Å². The number of carboxylic acid groups (broad SMARTS) is 2. The van der Waals surface area contributed by atoms with E-state index in [4.69, 9.17) is 5.11 Å². The fourth-order valence-corrected chi connectivity index (χ4v) is 4.28. The fourth-order valence-electron chi connectivity index (χ4n) is 4.28. The van der Waals surface area contributed by atoms with E-state index in [2.05, 4.69) is 43.1 Å². The summed E-state index contributed by atoms with van der Waals surface area (Å²) >= 11 is 0. The van der Waals surface area contributed by atoms with Crippen LogP contribution in [0, 0.1) is 20.8 Å². The summed E-state index contributed by atoms with van der Waals surface area (Å²) in [6.07, 6.45) is 3.61. The molecule has 2 aliphatic rings. The Bertz CT molecular complexity index is 782. The lowest BCUT2D eigenvalue weighted by Crippen LogP contribution is -3.16. The van der Waals surface area contributed by atoms with Crippen LogP contribution in [0.25, 0.3) is 0 Å². The van der Waals surface area contributed by atoms with Gasteiger partial charge >= 0.3 is 5.97 Å². The van der Waals surface area contributed by atoms with Gasteiger partial charge in [0.05, 0.1) is 32.1 Å². The minimum atomic E-state index is -1.51. The molecule has 0 bridgehead atoms. The van der Waals surface area contributed by atoms with Gasteiger partial charge in [0.25, 0.3) is 0 Å². The van der Waals surface area contributed by atoms with Crippen molar-refractivity contribution in [1.82, 2.24) is 4.90 Å². The zero-order valence-electron chi connectivity index (χ0n) is 17.9. The Kier molecular flexibility index (Phi) is 8.56. The van der Waals surface area contributed by atoms with Gasteiger partial charge in [-0.1, -0.05) is 17.7 Å². The highest BCUT2D eigenvalue weighted by molar-refractivity contribution is 5.93. The minimum absolute atomic E-state index is 0.122. The largest absolute Gasteiger partial charge is 0.545 e. The molecule has 8 nitrogen and oxygen atoms in total. The van der Waals surface area contributed by atoms with E-state index in [1.54, 1.807) is 4.90 Å². The van der Waals surface area contributed by atoms with Crippen LogP contribution in [0.4, 0.5) is 5.69 Å². The van der Waals surface area contributed by atoms with Crippen LogP contribution in [0.3, 0.4) is 0 Å². The lowest BCUT2D eigenvalue weighted by molar-refractivity contribution is -0.916. The summed E-state index contributed by atoms with van der Waals surface area (Å²) in [7, 11) is 0. The average Bonchev–Trinajstić information content (AvgIpc) is 3.11. The molecule has 1 amide bonds. The van der Waals surface area contributed by atoms with Crippen molar-refractivity contribution in [3.63, 3.8) is 0 Å². The first-order chi connectivity index (χ1) is 14.2. The van der Waals surface area contributed by atoms with E-state index in [0.717, 1.165) is 35.9 Å². The van der Waals surface area contributed by atoms with Crippen molar-refractivity contribution < 1.29 is 29.5 Å². The van der Waals surface area contributed by atoms with Gasteiger partial charge in [0, 0.05) is 31.1 Å². The first-order valence-corrected chi connectivity index (χ1v) is 10.2. The van der Waals surface area contributed by atoms with Crippen molar-refractivity contribution in [3.8, 4) is 0 Å². The normalized spacial score (nSPS) is 20.9. The third-order valence-electron chi connectivity index (χ3n) is 5.53. The van der Waals surface area contributed by atoms with Crippen LogP contribution in [0.15, 0.2) is 24.3 Å². The summed E-state index contributed by atoms with van der Waals surface area (Å²) in [5, 5.41) is 20.4. The lowest BCUT2D eigenvalue weighted by Gasteiger charge is -2.34. The summed E-state index contributed by atoms with van der Waals surface area (Å²) in [6, 6.07) is 5.01. The molecule has 1 aromatic carbocycles. The van der Waals surface area contributed by atoms with E-state index < -0.39 is 11.9 Å². The van der Waals surface area contributed by atoms with E-state index in [-0.39, 0.29) is 5.91 Å². The maximum absolute atomic E-state index is 12.4. The zero-order valence-corrected chi connectivity index (χ0v) is 17.9. The molecule has 0 saturated carbocycles. The molecule has 164 valence electrons. The molecule has 2 fully saturated rings. The van der Waals surface area contributed by atoms with Crippen LogP contribution in [-0.4, -0.2) is 66.6 Å². The molecule has 30 heavy (non-hydrogen) atoms. The molecule has 2 atom stereocenters. The molecule has 0 aromatic heterocycles. The molecule has 0 aliphatic carbocycles. The van der Waals surface area contributed by atoms with Crippen molar-refractivity contribution >= 4 is 23.5 Å². The number of hydrogen-bond donors (Lipinski definition) is 3. The van der Waals surface area contributed by atoms with E-state index in [1.165, 1.54) is 31.5 Å². The summed E-state index contributed by atoms with van der Waals surface area (Å²) < 4.78 is 0. The van der Waals surface area contributed by atoms with Crippen LogP contribution in [-0.2, 0) is 14.4 Å². The van der Waals surface area contributed by atoms with Crippen LogP contribution in [0.1, 0.15) is 29.5 Å². The van der Waals surface area contributed by atoms with Crippen molar-refractivity contribution in [1.29, 1.82) is 0 Å². The van der Waals surface area contributed by atoms with Crippen molar-refractivity contribution in [2.75, 3.05) is 38.0 Å². The van der Waals surface area contributed by atoms with Gasteiger partial charge in [0.15, 0.2) is 0 Å². The minimum Gasteiger partial charge on any atom is -0.545 e. The van der Waals surface area contributed by atoms with Crippen LogP contribution < -0.4 is 15.3 Å². The lowest BCUT2D eigenvalue weighted by atomic mass is 10.1. The first kappa shape index (κ1) is 23.6. The summed E-state index contributed by atoms with van der Waals surface area (Å²) in [6.45, 7) is 11.4. The molecule has 0 radical (unpaired) electrons. The molecule has 8 heteroatoms. The number of piperazine rings is 1. The van der Waals surface area contributed by atoms with Crippen molar-refractivity contribution in [2.45, 2.75) is 39.7 Å². The quantitative estimate of drug-likeness (QED) is 0.546. The maximum Gasteiger partial charge on any atom is 0.328 e. The van der Waals surface area contributed by atoms with Crippen LogP contribution in [0.2, 0.25) is 0 Å². The Balaban J connectivity index is 0.000000343. The van der Waals surface area contributed by atoms with Crippen LogP contribution >= 0.6 is 0 Å². The van der Waals surface area contributed by atoms with Gasteiger partial charge in [0.2, 0.25) is 5.91 Å². The molecule has 2 aliphatic heterocycles. The Morgan fingerprint density at radius 1 is 1.20 bits per heavy atom. The second-order valence-corrected chi connectivity index (χ2v) is 8.05. The van der Waals surface area contributed by atoms with Gasteiger partial charge in [-0.25, -0.2) is 4.79 Å². The highest BCUT2D eigenvalue weighted by Gasteiger charge is 2.34. The highest BCUT2D eigenvalue weighted by atomic mass is 16.4. The zero-order chi connectivity index (χ0) is 22.3. The highest BCUT2D eigenvalue weighted by Crippen LogP contribution is 2.21. The number of hydrogen-bond acceptors (Lipinski definition) is 5. The van der Waals surface area contributed by atoms with Crippen molar-refractivity contribution in [3.05, 3.63) is 41.0 Å². The van der Waals surface area contributed by atoms with Gasteiger partial charge in [0.1, 0.15) is 6.04 Å². The van der Waals surface area contributed by atoms with Gasteiger partial charge in [-0.05, 0) is 38.0 Å². The third kappa shape index (κ3) is 7.27. The number of carbonyl (C=O) groups is 3. The summed E-state index contributed by atoms with van der Waals surface area (Å²) in [4.78, 5) is 35.4. The van der Waals surface area contributed by atoms with Gasteiger partial charge in [-0.3, -0.25) is 9.69 Å². The monoisotopic (exact) mass is 417 g/mol. The average molecular weight is 418 g/mol. The van der Waals surface area contributed by atoms with E-state index in [1.807, 2.05) is 0 Å². The summed E-state index contributed by atoms with van der Waals surface area (Å²) in [5.74, 6) is -2.68. The predicted octanol–water partition coefficient (Wildman–Crippen LogP) is -0.710. The predicted molar refractivity (Wildman–Crippen MR) is 111 cm³/mol. The number of rotatable bonds is 5. The number of nitrogens with zero attached hydrogens (tertiary/aromatic N) is 1. The molecule has 2 unspecified atom stereocenters. The first-order valence-electron chi connectivity index (χ1n) is 10.2. The van der Waals surface area contributed by atoms with Gasteiger partial charge in [-0.2, -0.15) is 0 Å². The molecule has 0 spiro atoms. The second-order valence-electron chi connectivity index (χ2n) is 8.05. The number of quaternary nitrogens is 1. The number of amides is 1. The number of benzene rings is 1. The topological polar surface area (TPSA) is 114 Å². The molecule has 3 rings (SSSR count). The molecular formula is C22H31N3O5. The molecule has 2 heterocycles. The number of carboxylic acids is 2. The second kappa shape index (κ2) is 10.9. The number of aliphatic carboxylic acids is 2. The van der Waals surface area contributed by atoms with E-state index >= 15 is 0 Å².